The summed E-state index contributed by atoms with van der Waals surface area (Å²) >= 11 is 6.04. The first-order valence-corrected chi connectivity index (χ1v) is 8.19. The largest absolute Gasteiger partial charge is 0.464 e. The summed E-state index contributed by atoms with van der Waals surface area (Å²) in [5, 5.41) is 3.36. The standard InChI is InChI=1S/C16H20ClN3O3/c17-12-3-1-2-4-13(12)18-15(21)11-19-6-8-20(9-7-19)14-5-10-23-16(14)22/h1-4,14H,5-11H2,(H,18,21). The van der Waals surface area contributed by atoms with Crippen LogP contribution in [0.15, 0.2) is 24.3 Å². The number of carbonyl (C=O) groups is 2. The Hall–Kier alpha value is -1.63. The molecule has 23 heavy (non-hydrogen) atoms. The Labute approximate surface area is 140 Å². The first-order chi connectivity index (χ1) is 11.1. The fourth-order valence-corrected chi connectivity index (χ4v) is 3.19. The molecule has 1 aromatic carbocycles. The molecule has 1 aromatic rings. The van der Waals surface area contributed by atoms with Crippen molar-refractivity contribution in [3.8, 4) is 0 Å². The molecule has 0 spiro atoms. The lowest BCUT2D eigenvalue weighted by Crippen LogP contribution is -2.52. The van der Waals surface area contributed by atoms with Crippen LogP contribution in [0.4, 0.5) is 5.69 Å². The Bertz CT molecular complexity index is 588. The van der Waals surface area contributed by atoms with Gasteiger partial charge in [0.05, 0.1) is 23.9 Å². The van der Waals surface area contributed by atoms with Gasteiger partial charge in [-0.05, 0) is 12.1 Å². The average molecular weight is 338 g/mol. The van der Waals surface area contributed by atoms with Gasteiger partial charge in [-0.1, -0.05) is 23.7 Å². The summed E-state index contributed by atoms with van der Waals surface area (Å²) in [6, 6.07) is 7.08. The summed E-state index contributed by atoms with van der Waals surface area (Å²) in [7, 11) is 0. The number of hydrogen-bond donors (Lipinski definition) is 1. The maximum absolute atomic E-state index is 12.1. The van der Waals surface area contributed by atoms with E-state index < -0.39 is 0 Å². The molecule has 0 aliphatic carbocycles. The van der Waals surface area contributed by atoms with Gasteiger partial charge in [0.2, 0.25) is 5.91 Å². The minimum atomic E-state index is -0.116. The summed E-state index contributed by atoms with van der Waals surface area (Å²) in [5.41, 5.74) is 0.631. The van der Waals surface area contributed by atoms with Gasteiger partial charge in [-0.15, -0.1) is 0 Å². The molecule has 2 fully saturated rings. The molecule has 2 heterocycles. The molecule has 2 aliphatic heterocycles. The summed E-state index contributed by atoms with van der Waals surface area (Å²) in [6.07, 6.45) is 0.770. The molecular weight excluding hydrogens is 318 g/mol. The van der Waals surface area contributed by atoms with E-state index in [2.05, 4.69) is 15.1 Å². The van der Waals surface area contributed by atoms with Crippen molar-refractivity contribution in [2.75, 3.05) is 44.6 Å². The van der Waals surface area contributed by atoms with Gasteiger partial charge >= 0.3 is 5.97 Å². The molecule has 2 saturated heterocycles. The fourth-order valence-electron chi connectivity index (χ4n) is 3.01. The van der Waals surface area contributed by atoms with E-state index in [4.69, 9.17) is 16.3 Å². The number of piperazine rings is 1. The molecule has 3 rings (SSSR count). The molecule has 0 saturated carbocycles. The number of hydrogen-bond acceptors (Lipinski definition) is 5. The van der Waals surface area contributed by atoms with E-state index in [0.29, 0.717) is 23.9 Å². The molecule has 0 radical (unpaired) electrons. The Morgan fingerprint density at radius 1 is 1.26 bits per heavy atom. The third kappa shape index (κ3) is 4.02. The smallest absolute Gasteiger partial charge is 0.323 e. The molecular formula is C16H20ClN3O3. The number of para-hydroxylation sites is 1. The molecule has 0 bridgehead atoms. The second kappa shape index (κ2) is 7.29. The molecule has 1 N–H and O–H groups in total. The highest BCUT2D eigenvalue weighted by Gasteiger charge is 2.34. The number of rotatable bonds is 4. The highest BCUT2D eigenvalue weighted by atomic mass is 35.5. The van der Waals surface area contributed by atoms with Crippen LogP contribution in [0.1, 0.15) is 6.42 Å². The van der Waals surface area contributed by atoms with Gasteiger partial charge < -0.3 is 10.1 Å². The van der Waals surface area contributed by atoms with E-state index in [1.54, 1.807) is 12.1 Å². The molecule has 124 valence electrons. The van der Waals surface area contributed by atoms with Crippen molar-refractivity contribution in [3.63, 3.8) is 0 Å². The lowest BCUT2D eigenvalue weighted by molar-refractivity contribution is -0.143. The van der Waals surface area contributed by atoms with Gasteiger partial charge in [-0.3, -0.25) is 19.4 Å². The van der Waals surface area contributed by atoms with Crippen molar-refractivity contribution >= 4 is 29.2 Å². The topological polar surface area (TPSA) is 61.9 Å². The number of nitrogens with one attached hydrogen (secondary N) is 1. The van der Waals surface area contributed by atoms with Crippen LogP contribution >= 0.6 is 11.6 Å². The molecule has 1 atom stereocenters. The van der Waals surface area contributed by atoms with Crippen molar-refractivity contribution in [1.82, 2.24) is 9.80 Å². The summed E-state index contributed by atoms with van der Waals surface area (Å²) < 4.78 is 5.02. The Morgan fingerprint density at radius 3 is 2.65 bits per heavy atom. The summed E-state index contributed by atoms with van der Waals surface area (Å²) in [5.74, 6) is -0.193. The van der Waals surface area contributed by atoms with Gasteiger partial charge in [0, 0.05) is 32.6 Å². The van der Waals surface area contributed by atoms with Crippen LogP contribution in [0, 0.1) is 0 Å². The predicted octanol–water partition coefficient (Wildman–Crippen LogP) is 1.21. The maximum Gasteiger partial charge on any atom is 0.323 e. The van der Waals surface area contributed by atoms with Gasteiger partial charge in [0.25, 0.3) is 0 Å². The van der Waals surface area contributed by atoms with Crippen LogP contribution < -0.4 is 5.32 Å². The van der Waals surface area contributed by atoms with E-state index in [1.165, 1.54) is 0 Å². The fraction of sp³-hybridized carbons (Fsp3) is 0.500. The van der Waals surface area contributed by atoms with E-state index in [0.717, 1.165) is 32.6 Å². The SMILES string of the molecule is O=C(CN1CCN(C2CCOC2=O)CC1)Nc1ccccc1Cl. The number of carbonyl (C=O) groups excluding carboxylic acids is 2. The minimum Gasteiger partial charge on any atom is -0.464 e. The highest BCUT2D eigenvalue weighted by Crippen LogP contribution is 2.20. The number of anilines is 1. The molecule has 6 nitrogen and oxygen atoms in total. The number of benzene rings is 1. The van der Waals surface area contributed by atoms with Crippen molar-refractivity contribution in [2.24, 2.45) is 0 Å². The minimum absolute atomic E-state index is 0.0770. The lowest BCUT2D eigenvalue weighted by atomic mass is 10.2. The van der Waals surface area contributed by atoms with Crippen LogP contribution in [0.25, 0.3) is 0 Å². The molecule has 1 unspecified atom stereocenters. The second-order valence-electron chi connectivity index (χ2n) is 5.81. The van der Waals surface area contributed by atoms with Crippen molar-refractivity contribution < 1.29 is 14.3 Å². The van der Waals surface area contributed by atoms with Gasteiger partial charge in [-0.2, -0.15) is 0 Å². The quantitative estimate of drug-likeness (QED) is 0.837. The lowest BCUT2D eigenvalue weighted by Gasteiger charge is -2.36. The maximum atomic E-state index is 12.1. The molecule has 1 amide bonds. The summed E-state index contributed by atoms with van der Waals surface area (Å²) in [6.45, 7) is 3.93. The van der Waals surface area contributed by atoms with E-state index in [9.17, 15) is 9.59 Å². The molecule has 7 heteroatoms. The third-order valence-electron chi connectivity index (χ3n) is 4.27. The number of ether oxygens (including phenoxy) is 1. The Kier molecular flexibility index (Phi) is 5.15. The first kappa shape index (κ1) is 16.2. The van der Waals surface area contributed by atoms with Gasteiger partial charge in [-0.25, -0.2) is 0 Å². The van der Waals surface area contributed by atoms with Crippen LogP contribution in [0.3, 0.4) is 0 Å². The number of esters is 1. The average Bonchev–Trinajstić information content (AvgIpc) is 2.96. The highest BCUT2D eigenvalue weighted by molar-refractivity contribution is 6.33. The van der Waals surface area contributed by atoms with Crippen molar-refractivity contribution in [3.05, 3.63) is 29.3 Å². The van der Waals surface area contributed by atoms with Crippen LogP contribution in [0.5, 0.6) is 0 Å². The number of amides is 1. The Morgan fingerprint density at radius 2 is 2.00 bits per heavy atom. The molecule has 2 aliphatic rings. The molecule has 0 aromatic heterocycles. The number of nitrogens with zero attached hydrogens (tertiary/aromatic N) is 2. The van der Waals surface area contributed by atoms with E-state index in [1.807, 2.05) is 12.1 Å². The van der Waals surface area contributed by atoms with Crippen LogP contribution in [-0.4, -0.2) is 67.0 Å². The van der Waals surface area contributed by atoms with Crippen molar-refractivity contribution in [2.45, 2.75) is 12.5 Å². The van der Waals surface area contributed by atoms with Crippen molar-refractivity contribution in [1.29, 1.82) is 0 Å². The third-order valence-corrected chi connectivity index (χ3v) is 4.60. The van der Waals surface area contributed by atoms with E-state index >= 15 is 0 Å². The zero-order valence-electron chi connectivity index (χ0n) is 12.8. The van der Waals surface area contributed by atoms with Gasteiger partial charge in [0.15, 0.2) is 0 Å². The van der Waals surface area contributed by atoms with Crippen LogP contribution in [0.2, 0.25) is 5.02 Å². The number of halogens is 1. The monoisotopic (exact) mass is 337 g/mol. The normalized spacial score (nSPS) is 22.8. The van der Waals surface area contributed by atoms with Gasteiger partial charge in [0.1, 0.15) is 6.04 Å². The zero-order valence-corrected chi connectivity index (χ0v) is 13.6. The Balaban J connectivity index is 1.46. The predicted molar refractivity (Wildman–Crippen MR) is 87.5 cm³/mol. The van der Waals surface area contributed by atoms with E-state index in [-0.39, 0.29) is 17.9 Å². The second-order valence-corrected chi connectivity index (χ2v) is 6.22. The first-order valence-electron chi connectivity index (χ1n) is 7.81. The van der Waals surface area contributed by atoms with Crippen LogP contribution in [-0.2, 0) is 14.3 Å². The summed E-state index contributed by atoms with van der Waals surface area (Å²) in [4.78, 5) is 28.0. The zero-order chi connectivity index (χ0) is 16.2. The number of cyclic esters (lactones) is 1.